The maximum absolute atomic E-state index is 12.8. The van der Waals surface area contributed by atoms with Crippen molar-refractivity contribution in [3.8, 4) is 16.9 Å². The van der Waals surface area contributed by atoms with E-state index in [2.05, 4.69) is 60.4 Å². The molecule has 0 bridgehead atoms. The summed E-state index contributed by atoms with van der Waals surface area (Å²) in [6.45, 7) is 16.5. The molecule has 1 amide bonds. The van der Waals surface area contributed by atoms with E-state index in [1.807, 2.05) is 97.1 Å². The summed E-state index contributed by atoms with van der Waals surface area (Å²) >= 11 is 0. The Morgan fingerprint density at radius 2 is 1.46 bits per heavy atom. The third kappa shape index (κ3) is 13.6. The van der Waals surface area contributed by atoms with Crippen molar-refractivity contribution in [2.24, 2.45) is 0 Å². The molecule has 9 nitrogen and oxygen atoms in total. The Bertz CT molecular complexity index is 2160. The molecule has 1 fully saturated rings. The summed E-state index contributed by atoms with van der Waals surface area (Å²) in [6, 6.07) is 35.6. The number of piperidine rings is 1. The second kappa shape index (κ2) is 22.4. The van der Waals surface area contributed by atoms with Crippen LogP contribution in [-0.2, 0) is 15.8 Å². The van der Waals surface area contributed by atoms with Crippen LogP contribution in [0.15, 0.2) is 114 Å². The van der Waals surface area contributed by atoms with Gasteiger partial charge in [-0.25, -0.2) is 4.79 Å². The molecule has 0 radical (unpaired) electrons. The highest BCUT2D eigenvalue weighted by atomic mass is 28.4. The Hall–Kier alpha value is -4.74. The Kier molecular flexibility index (Phi) is 16.8. The number of hydrogen-bond acceptors (Lipinski definition) is 7. The van der Waals surface area contributed by atoms with E-state index in [1.165, 1.54) is 38.5 Å². The third-order valence-corrected chi connectivity index (χ3v) is 16.9. The van der Waals surface area contributed by atoms with Crippen LogP contribution in [0.4, 0.5) is 10.5 Å². The predicted octanol–water partition coefficient (Wildman–Crippen LogP) is 11.9. The highest BCUT2D eigenvalue weighted by molar-refractivity contribution is 6.74. The van der Waals surface area contributed by atoms with Crippen molar-refractivity contribution in [3.05, 3.63) is 131 Å². The Balaban J connectivity index is 0.878. The van der Waals surface area contributed by atoms with Crippen LogP contribution in [0, 0.1) is 0 Å². The maximum atomic E-state index is 12.8. The predicted molar refractivity (Wildman–Crippen MR) is 253 cm³/mol. The first-order valence-corrected chi connectivity index (χ1v) is 25.4. The summed E-state index contributed by atoms with van der Waals surface area (Å²) in [4.78, 5) is 30.9. The van der Waals surface area contributed by atoms with Gasteiger partial charge in [0, 0.05) is 36.7 Å². The molecule has 1 unspecified atom stereocenters. The number of nitrogens with zero attached hydrogens (tertiary/aromatic N) is 1. The number of rotatable bonds is 21. The molecule has 2 heterocycles. The topological polar surface area (TPSA) is 105 Å². The molecule has 1 aromatic heterocycles. The molecule has 0 aliphatic carbocycles. The van der Waals surface area contributed by atoms with E-state index in [0.717, 1.165) is 78.8 Å². The first-order chi connectivity index (χ1) is 29.5. The number of carbonyl (C=O) groups excluding carboxylic acids is 1. The van der Waals surface area contributed by atoms with Gasteiger partial charge >= 0.3 is 6.09 Å². The molecule has 61 heavy (non-hydrogen) atoms. The highest BCUT2D eigenvalue weighted by Crippen LogP contribution is 2.41. The van der Waals surface area contributed by atoms with E-state index in [4.69, 9.17) is 13.9 Å². The second-order valence-corrected chi connectivity index (χ2v) is 22.8. The van der Waals surface area contributed by atoms with E-state index in [0.29, 0.717) is 24.4 Å². The molecule has 1 aliphatic heterocycles. The number of carbonyl (C=O) groups is 1. The van der Waals surface area contributed by atoms with Gasteiger partial charge < -0.3 is 29.1 Å². The van der Waals surface area contributed by atoms with Gasteiger partial charge in [-0.1, -0.05) is 138 Å². The van der Waals surface area contributed by atoms with Crippen LogP contribution in [0.3, 0.4) is 0 Å². The molecular formula is C51H68N4O5Si. The third-order valence-electron chi connectivity index (χ3n) is 12.4. The zero-order valence-corrected chi connectivity index (χ0v) is 38.1. The number of likely N-dealkylation sites (tertiary alicyclic amines) is 1. The Morgan fingerprint density at radius 3 is 2.18 bits per heavy atom. The lowest BCUT2D eigenvalue weighted by atomic mass is 10.0. The van der Waals surface area contributed by atoms with Crippen LogP contribution in [0.2, 0.25) is 18.1 Å². The average molecular weight is 845 g/mol. The van der Waals surface area contributed by atoms with E-state index >= 15 is 0 Å². The van der Waals surface area contributed by atoms with E-state index < -0.39 is 8.32 Å². The molecule has 1 atom stereocenters. The van der Waals surface area contributed by atoms with Crippen LogP contribution >= 0.6 is 0 Å². The van der Waals surface area contributed by atoms with Crippen LogP contribution in [-0.4, -0.2) is 63.1 Å². The first-order valence-electron chi connectivity index (χ1n) is 22.5. The molecule has 6 rings (SSSR count). The summed E-state index contributed by atoms with van der Waals surface area (Å²) in [5, 5.41) is 7.72. The zero-order chi connectivity index (χ0) is 43.1. The van der Waals surface area contributed by atoms with Gasteiger partial charge in [0.25, 0.3) is 0 Å². The first kappa shape index (κ1) is 45.8. The normalized spacial score (nSPS) is 14.5. The van der Waals surface area contributed by atoms with Gasteiger partial charge in [-0.05, 0) is 91.8 Å². The number of pyridine rings is 1. The van der Waals surface area contributed by atoms with Crippen LogP contribution < -0.4 is 20.9 Å². The van der Waals surface area contributed by atoms with Gasteiger partial charge in [0.15, 0.2) is 8.32 Å². The number of H-pyrrole nitrogens is 1. The number of hydrogen-bond donors (Lipinski definition) is 3. The summed E-state index contributed by atoms with van der Waals surface area (Å²) < 4.78 is 19.2. The highest BCUT2D eigenvalue weighted by Gasteiger charge is 2.39. The Labute approximate surface area is 364 Å². The summed E-state index contributed by atoms with van der Waals surface area (Å²) in [6.07, 6.45) is 9.72. The number of para-hydroxylation sites is 1. The van der Waals surface area contributed by atoms with Gasteiger partial charge in [0.05, 0.1) is 17.3 Å². The van der Waals surface area contributed by atoms with Gasteiger partial charge in [-0.2, -0.15) is 0 Å². The fourth-order valence-electron chi connectivity index (χ4n) is 7.84. The number of aromatic nitrogens is 1. The summed E-state index contributed by atoms with van der Waals surface area (Å²) in [5.41, 5.74) is 5.51. The lowest BCUT2D eigenvalue weighted by Crippen LogP contribution is -2.43. The SMILES string of the molecule is CC(C)(C)[Si](C)(C)OC(CNCCCCCCCCCN1CCC(OC(=O)Nc2ccccc2-c2ccccc2)CC1)c1ccc(OCc2ccccc2)c2[nH]c(=O)ccc12. The van der Waals surface area contributed by atoms with Crippen molar-refractivity contribution >= 4 is 31.0 Å². The monoisotopic (exact) mass is 844 g/mol. The molecule has 0 saturated carbocycles. The van der Waals surface area contributed by atoms with E-state index in [9.17, 15) is 9.59 Å². The van der Waals surface area contributed by atoms with Crippen molar-refractivity contribution in [1.29, 1.82) is 0 Å². The minimum Gasteiger partial charge on any atom is -0.487 e. The number of unbranched alkanes of at least 4 members (excludes halogenated alkanes) is 6. The van der Waals surface area contributed by atoms with Gasteiger partial charge in [-0.3, -0.25) is 10.1 Å². The van der Waals surface area contributed by atoms with Gasteiger partial charge in [0.2, 0.25) is 5.56 Å². The molecule has 3 N–H and O–H groups in total. The van der Waals surface area contributed by atoms with Gasteiger partial charge in [0.1, 0.15) is 18.5 Å². The summed E-state index contributed by atoms with van der Waals surface area (Å²) in [7, 11) is -2.13. The van der Waals surface area contributed by atoms with Crippen LogP contribution in [0.25, 0.3) is 22.0 Å². The average Bonchev–Trinajstić information content (AvgIpc) is 3.25. The fraction of sp³-hybridized carbons (Fsp3) is 0.451. The smallest absolute Gasteiger partial charge is 0.411 e. The number of anilines is 1. The zero-order valence-electron chi connectivity index (χ0n) is 37.1. The second-order valence-electron chi connectivity index (χ2n) is 18.1. The summed E-state index contributed by atoms with van der Waals surface area (Å²) in [5.74, 6) is 0.662. The van der Waals surface area contributed by atoms with E-state index in [-0.39, 0.29) is 28.9 Å². The minimum absolute atomic E-state index is 0.0473. The van der Waals surface area contributed by atoms with Crippen LogP contribution in [0.1, 0.15) is 95.8 Å². The number of ether oxygens (including phenoxy) is 2. The van der Waals surface area contributed by atoms with E-state index in [1.54, 1.807) is 6.07 Å². The molecule has 5 aromatic rings. The molecule has 326 valence electrons. The molecule has 1 saturated heterocycles. The van der Waals surface area contributed by atoms with Crippen molar-refractivity contribution in [2.45, 2.75) is 116 Å². The molecule has 1 aliphatic rings. The number of benzene rings is 4. The minimum atomic E-state index is -2.13. The Morgan fingerprint density at radius 1 is 0.803 bits per heavy atom. The largest absolute Gasteiger partial charge is 0.487 e. The van der Waals surface area contributed by atoms with Crippen molar-refractivity contribution in [2.75, 3.05) is 38.0 Å². The van der Waals surface area contributed by atoms with Gasteiger partial charge in [-0.15, -0.1) is 0 Å². The number of aromatic amines is 1. The fourth-order valence-corrected chi connectivity index (χ4v) is 9.11. The van der Waals surface area contributed by atoms with Crippen molar-refractivity contribution in [3.63, 3.8) is 0 Å². The molecule has 10 heteroatoms. The lowest BCUT2D eigenvalue weighted by Gasteiger charge is -2.39. The van der Waals surface area contributed by atoms with Crippen LogP contribution in [0.5, 0.6) is 5.75 Å². The number of fused-ring (bicyclic) bond motifs is 1. The number of nitrogens with one attached hydrogen (secondary N) is 3. The number of amides is 1. The molecule has 4 aromatic carbocycles. The maximum Gasteiger partial charge on any atom is 0.411 e. The standard InChI is InChI=1S/C51H68N4O5Si/c1-51(2,3)61(4,5)60-47(43-27-29-46(49-44(43)28-30-48(56)54-49)58-38-39-21-13-11-14-22-39)37-52-33-19-9-7-6-8-10-20-34-55-35-31-41(32-36-55)59-50(57)53-45-26-18-17-25-42(45)40-23-15-12-16-24-40/h11-18,21-30,41,47,52H,6-10,19-20,31-38H2,1-5H3,(H,53,57)(H,54,56). The lowest BCUT2D eigenvalue weighted by molar-refractivity contribution is 0.0584. The van der Waals surface area contributed by atoms with Crippen molar-refractivity contribution < 1.29 is 18.7 Å². The quantitative estimate of drug-likeness (QED) is 0.0499. The molecular weight excluding hydrogens is 777 g/mol. The van der Waals surface area contributed by atoms with Crippen molar-refractivity contribution in [1.82, 2.24) is 15.2 Å². The molecule has 0 spiro atoms.